The topological polar surface area (TPSA) is 32.6 Å². The highest BCUT2D eigenvalue weighted by Gasteiger charge is 2.25. The molecule has 13 rings (SSSR count). The fourth-order valence-corrected chi connectivity index (χ4v) is 11.8. The SMILES string of the molecule is CC(C)(C)c1ccc2c(c1)c1cc(C(C)(C)C)ccc1n2-c1ccc2c(c1)c1ccccc1n2-c1ccc(-n2c3ccccc3c3cc(-n4c5ccc(C(C)(C)C)cc5c5cc(C(C)(C)C)ccc54)ccc32)nc1. The summed E-state index contributed by atoms with van der Waals surface area (Å²) in [7, 11) is 0. The Kier molecular flexibility index (Phi) is 9.81. The molecule has 0 atom stereocenters. The number of benzene rings is 8. The first-order valence-corrected chi connectivity index (χ1v) is 26.4. The van der Waals surface area contributed by atoms with Gasteiger partial charge in [0.25, 0.3) is 0 Å². The van der Waals surface area contributed by atoms with E-state index in [4.69, 9.17) is 4.98 Å². The minimum atomic E-state index is 0.0365. The quantitative estimate of drug-likeness (QED) is 0.173. The maximum absolute atomic E-state index is 5.31. The van der Waals surface area contributed by atoms with Crippen LogP contribution in [-0.4, -0.2) is 23.3 Å². The normalized spacial score (nSPS) is 13.1. The van der Waals surface area contributed by atoms with E-state index < -0.39 is 0 Å². The summed E-state index contributed by atoms with van der Waals surface area (Å²) in [5, 5.41) is 10.00. The lowest BCUT2D eigenvalue weighted by atomic mass is 9.85. The molecule has 0 saturated heterocycles. The number of nitrogens with zero attached hydrogens (tertiary/aromatic N) is 5. The Morgan fingerprint density at radius 3 is 0.892 bits per heavy atom. The molecule has 5 aromatic heterocycles. The first kappa shape index (κ1) is 45.9. The highest BCUT2D eigenvalue weighted by molar-refractivity contribution is 6.14. The molecule has 8 aromatic carbocycles. The van der Waals surface area contributed by atoms with Crippen molar-refractivity contribution in [3.8, 4) is 22.9 Å². The molecular weight excluding hydrogens is 899 g/mol. The van der Waals surface area contributed by atoms with E-state index in [0.29, 0.717) is 0 Å². The third kappa shape index (κ3) is 7.07. The van der Waals surface area contributed by atoms with Crippen molar-refractivity contribution in [3.63, 3.8) is 0 Å². The summed E-state index contributed by atoms with van der Waals surface area (Å²) in [4.78, 5) is 5.31. The first-order valence-electron chi connectivity index (χ1n) is 26.4. The van der Waals surface area contributed by atoms with Crippen LogP contribution in [-0.2, 0) is 21.7 Å². The van der Waals surface area contributed by atoms with Crippen LogP contribution < -0.4 is 0 Å². The molecule has 366 valence electrons. The molecule has 0 saturated carbocycles. The number of hydrogen-bond acceptors (Lipinski definition) is 1. The summed E-state index contributed by atoms with van der Waals surface area (Å²) < 4.78 is 9.63. The molecule has 0 aliphatic carbocycles. The molecule has 0 unspecified atom stereocenters. The fraction of sp³-hybridized carbons (Fsp3) is 0.232. The van der Waals surface area contributed by atoms with Crippen LogP contribution in [0, 0.1) is 0 Å². The second-order valence-electron chi connectivity index (χ2n) is 25.1. The van der Waals surface area contributed by atoms with Gasteiger partial charge in [-0.05, 0) is 153 Å². The van der Waals surface area contributed by atoms with E-state index in [9.17, 15) is 0 Å². The molecule has 0 N–H and O–H groups in total. The van der Waals surface area contributed by atoms with Gasteiger partial charge in [0.05, 0.1) is 56.0 Å². The lowest BCUT2D eigenvalue weighted by Crippen LogP contribution is -2.10. The second-order valence-corrected chi connectivity index (χ2v) is 25.1. The number of para-hydroxylation sites is 2. The number of fused-ring (bicyclic) bond motifs is 12. The maximum atomic E-state index is 5.31. The van der Waals surface area contributed by atoms with E-state index in [0.717, 1.165) is 44.9 Å². The van der Waals surface area contributed by atoms with Crippen LogP contribution in [0.25, 0.3) is 110 Å². The Balaban J connectivity index is 0.932. The zero-order valence-electron chi connectivity index (χ0n) is 45.0. The summed E-state index contributed by atoms with van der Waals surface area (Å²) in [5.41, 5.74) is 18.3. The van der Waals surface area contributed by atoms with Gasteiger partial charge in [-0.25, -0.2) is 4.98 Å². The van der Waals surface area contributed by atoms with Gasteiger partial charge in [0.15, 0.2) is 0 Å². The van der Waals surface area contributed by atoms with Crippen molar-refractivity contribution in [1.82, 2.24) is 23.3 Å². The Morgan fingerprint density at radius 2 is 0.541 bits per heavy atom. The lowest BCUT2D eigenvalue weighted by Gasteiger charge is -2.19. The molecular formula is C69H65N5. The summed E-state index contributed by atoms with van der Waals surface area (Å²) in [6.45, 7) is 27.6. The van der Waals surface area contributed by atoms with E-state index in [1.807, 2.05) is 6.20 Å². The number of rotatable bonds is 4. The fourth-order valence-electron chi connectivity index (χ4n) is 11.8. The molecule has 13 aromatic rings. The molecule has 5 heteroatoms. The third-order valence-corrected chi connectivity index (χ3v) is 16.0. The molecule has 0 aliphatic heterocycles. The standard InChI is InChI=1S/C69H65N5/c1-66(2,3)42-21-28-59-51(35-42)52-36-43(67(4,5)6)22-29-60(52)71(59)46-25-32-63-55(39-46)49-17-13-15-19-57(49)73(63)48-27-34-65(70-41-48)74-58-20-16-14-18-50(58)56-40-47(26-33-64(56)74)72-61-30-23-44(68(7,8)9)37-53(61)54-38-45(69(10,11)12)24-31-62(54)72/h13-41H,1-12H3. The predicted molar refractivity (Wildman–Crippen MR) is 316 cm³/mol. The summed E-state index contributed by atoms with van der Waals surface area (Å²) in [5.74, 6) is 0.882. The van der Waals surface area contributed by atoms with Gasteiger partial charge in [0.2, 0.25) is 0 Å². The van der Waals surface area contributed by atoms with Gasteiger partial charge in [-0.2, -0.15) is 0 Å². The minimum absolute atomic E-state index is 0.0365. The summed E-state index contributed by atoms with van der Waals surface area (Å²) >= 11 is 0. The number of pyridine rings is 1. The first-order chi connectivity index (χ1) is 35.2. The maximum Gasteiger partial charge on any atom is 0.137 e. The van der Waals surface area contributed by atoms with E-state index in [-0.39, 0.29) is 21.7 Å². The Morgan fingerprint density at radius 1 is 0.257 bits per heavy atom. The average molecular weight is 964 g/mol. The molecule has 74 heavy (non-hydrogen) atoms. The highest BCUT2D eigenvalue weighted by Crippen LogP contribution is 2.43. The zero-order chi connectivity index (χ0) is 51.4. The van der Waals surface area contributed by atoms with Crippen molar-refractivity contribution in [1.29, 1.82) is 0 Å². The molecule has 0 fully saturated rings. The van der Waals surface area contributed by atoms with Crippen LogP contribution in [0.1, 0.15) is 105 Å². The van der Waals surface area contributed by atoms with Crippen molar-refractivity contribution in [2.24, 2.45) is 0 Å². The largest absolute Gasteiger partial charge is 0.309 e. The molecule has 0 spiro atoms. The molecule has 0 radical (unpaired) electrons. The number of aromatic nitrogens is 5. The lowest BCUT2D eigenvalue weighted by molar-refractivity contribution is 0.590. The second kappa shape index (κ2) is 15.8. The van der Waals surface area contributed by atoms with Crippen LogP contribution in [0.15, 0.2) is 176 Å². The van der Waals surface area contributed by atoms with Crippen LogP contribution >= 0.6 is 0 Å². The molecule has 0 aliphatic rings. The van der Waals surface area contributed by atoms with Gasteiger partial charge in [-0.1, -0.05) is 144 Å². The van der Waals surface area contributed by atoms with E-state index >= 15 is 0 Å². The van der Waals surface area contributed by atoms with Crippen LogP contribution in [0.4, 0.5) is 0 Å². The van der Waals surface area contributed by atoms with Gasteiger partial charge in [0.1, 0.15) is 5.82 Å². The van der Waals surface area contributed by atoms with E-state index in [1.54, 1.807) is 0 Å². The monoisotopic (exact) mass is 964 g/mol. The van der Waals surface area contributed by atoms with Crippen LogP contribution in [0.5, 0.6) is 0 Å². The predicted octanol–water partition coefficient (Wildman–Crippen LogP) is 18.7. The summed E-state index contributed by atoms with van der Waals surface area (Å²) in [6, 6.07) is 64.2. The molecule has 0 bridgehead atoms. The number of hydrogen-bond donors (Lipinski definition) is 0. The van der Waals surface area contributed by atoms with Crippen molar-refractivity contribution in [2.45, 2.75) is 105 Å². The minimum Gasteiger partial charge on any atom is -0.309 e. The van der Waals surface area contributed by atoms with Crippen molar-refractivity contribution in [2.75, 3.05) is 0 Å². The smallest absolute Gasteiger partial charge is 0.137 e. The van der Waals surface area contributed by atoms with Crippen molar-refractivity contribution in [3.05, 3.63) is 198 Å². The zero-order valence-corrected chi connectivity index (χ0v) is 45.0. The Hall–Kier alpha value is -7.89. The Bertz CT molecular complexity index is 4010. The molecule has 5 heterocycles. The van der Waals surface area contributed by atoms with Gasteiger partial charge < -0.3 is 13.7 Å². The average Bonchev–Trinajstić information content (AvgIpc) is 4.09. The van der Waals surface area contributed by atoms with Crippen molar-refractivity contribution < 1.29 is 0 Å². The molecule has 0 amide bonds. The summed E-state index contributed by atoms with van der Waals surface area (Å²) in [6.07, 6.45) is 2.05. The van der Waals surface area contributed by atoms with Gasteiger partial charge in [-0.15, -0.1) is 0 Å². The van der Waals surface area contributed by atoms with E-state index in [2.05, 4.69) is 271 Å². The molecule has 5 nitrogen and oxygen atoms in total. The van der Waals surface area contributed by atoms with Gasteiger partial charge in [-0.3, -0.25) is 4.57 Å². The Labute approximate surface area is 434 Å². The third-order valence-electron chi connectivity index (χ3n) is 16.0. The van der Waals surface area contributed by atoms with Gasteiger partial charge in [0, 0.05) is 54.5 Å². The highest BCUT2D eigenvalue weighted by atomic mass is 15.1. The van der Waals surface area contributed by atoms with Crippen LogP contribution in [0.3, 0.4) is 0 Å². The van der Waals surface area contributed by atoms with E-state index in [1.165, 1.54) is 87.4 Å². The van der Waals surface area contributed by atoms with Crippen LogP contribution in [0.2, 0.25) is 0 Å². The van der Waals surface area contributed by atoms with Crippen molar-refractivity contribution >= 4 is 87.2 Å². The van der Waals surface area contributed by atoms with Gasteiger partial charge >= 0.3 is 0 Å².